The van der Waals surface area contributed by atoms with E-state index >= 15 is 0 Å². The topological polar surface area (TPSA) is 37.8 Å². The molecule has 2 unspecified atom stereocenters. The van der Waals surface area contributed by atoms with Crippen LogP contribution in [0.15, 0.2) is 10.7 Å². The maximum atomic E-state index is 4.37. The minimum Gasteiger partial charge on any atom is -0.367 e. The first-order chi connectivity index (χ1) is 7.13. The molecular weight excluding hydrogens is 254 g/mol. The number of hydrogen-bond donors (Lipinski definition) is 1. The number of nitrogens with one attached hydrogen (secondary N) is 1. The zero-order valence-electron chi connectivity index (χ0n) is 9.13. The summed E-state index contributed by atoms with van der Waals surface area (Å²) < 4.78 is 0.851. The third-order valence-electron chi connectivity index (χ3n) is 2.85. The first-order valence-corrected chi connectivity index (χ1v) is 6.20. The van der Waals surface area contributed by atoms with Crippen LogP contribution in [-0.4, -0.2) is 16.0 Å². The molecule has 0 spiro atoms. The SMILES string of the molecule is Cc1nc(Br)cc(NC2CCC(C)C2)n1. The number of anilines is 1. The molecule has 0 aromatic carbocycles. The fourth-order valence-electron chi connectivity index (χ4n) is 2.15. The second-order valence-corrected chi connectivity index (χ2v) is 5.20. The highest BCUT2D eigenvalue weighted by Gasteiger charge is 2.21. The molecule has 0 amide bonds. The van der Waals surface area contributed by atoms with Crippen molar-refractivity contribution >= 4 is 21.7 Å². The molecule has 1 aliphatic rings. The van der Waals surface area contributed by atoms with Crippen LogP contribution in [0.3, 0.4) is 0 Å². The first kappa shape index (κ1) is 10.9. The van der Waals surface area contributed by atoms with E-state index in [2.05, 4.69) is 38.1 Å². The lowest BCUT2D eigenvalue weighted by molar-refractivity contribution is 0.602. The summed E-state index contributed by atoms with van der Waals surface area (Å²) in [5.41, 5.74) is 0. The molecule has 1 N–H and O–H groups in total. The fourth-order valence-corrected chi connectivity index (χ4v) is 2.63. The molecule has 2 rings (SSSR count). The van der Waals surface area contributed by atoms with Gasteiger partial charge in [0.25, 0.3) is 0 Å². The lowest BCUT2D eigenvalue weighted by atomic mass is 10.1. The summed E-state index contributed by atoms with van der Waals surface area (Å²) in [6, 6.07) is 2.52. The fraction of sp³-hybridized carbons (Fsp3) is 0.636. The Hall–Kier alpha value is -0.640. The van der Waals surface area contributed by atoms with Crippen molar-refractivity contribution in [1.82, 2.24) is 9.97 Å². The summed E-state index contributed by atoms with van der Waals surface area (Å²) >= 11 is 3.38. The average molecular weight is 270 g/mol. The van der Waals surface area contributed by atoms with Crippen LogP contribution in [-0.2, 0) is 0 Å². The van der Waals surface area contributed by atoms with E-state index in [1.807, 2.05) is 13.0 Å². The van der Waals surface area contributed by atoms with E-state index < -0.39 is 0 Å². The van der Waals surface area contributed by atoms with Gasteiger partial charge in [-0.25, -0.2) is 9.97 Å². The molecule has 0 saturated heterocycles. The van der Waals surface area contributed by atoms with Gasteiger partial charge in [0.15, 0.2) is 0 Å². The van der Waals surface area contributed by atoms with Crippen LogP contribution >= 0.6 is 15.9 Å². The third-order valence-corrected chi connectivity index (χ3v) is 3.26. The van der Waals surface area contributed by atoms with E-state index in [1.54, 1.807) is 0 Å². The Labute approximate surface area is 98.8 Å². The van der Waals surface area contributed by atoms with Gasteiger partial charge < -0.3 is 5.32 Å². The van der Waals surface area contributed by atoms with E-state index in [0.29, 0.717) is 6.04 Å². The summed E-state index contributed by atoms with van der Waals surface area (Å²) in [6.45, 7) is 4.22. The summed E-state index contributed by atoms with van der Waals surface area (Å²) in [5.74, 6) is 2.58. The molecule has 1 aliphatic carbocycles. The average Bonchev–Trinajstić information content (AvgIpc) is 2.49. The van der Waals surface area contributed by atoms with Crippen molar-refractivity contribution in [3.05, 3.63) is 16.5 Å². The molecule has 2 atom stereocenters. The molecule has 3 nitrogen and oxygen atoms in total. The zero-order valence-corrected chi connectivity index (χ0v) is 10.7. The molecule has 0 radical (unpaired) electrons. The van der Waals surface area contributed by atoms with Crippen molar-refractivity contribution in [3.8, 4) is 0 Å². The summed E-state index contributed by atoms with van der Waals surface area (Å²) in [5, 5.41) is 3.47. The number of aromatic nitrogens is 2. The van der Waals surface area contributed by atoms with Gasteiger partial charge in [-0.3, -0.25) is 0 Å². The highest BCUT2D eigenvalue weighted by molar-refractivity contribution is 9.10. The molecule has 1 heterocycles. The lowest BCUT2D eigenvalue weighted by Crippen LogP contribution is -2.16. The van der Waals surface area contributed by atoms with Crippen LogP contribution in [0.1, 0.15) is 32.0 Å². The third kappa shape index (κ3) is 2.91. The maximum absolute atomic E-state index is 4.37. The summed E-state index contributed by atoms with van der Waals surface area (Å²) in [4.78, 5) is 8.56. The molecule has 0 bridgehead atoms. The van der Waals surface area contributed by atoms with Crippen LogP contribution in [0.4, 0.5) is 5.82 Å². The lowest BCUT2D eigenvalue weighted by Gasteiger charge is -2.13. The maximum Gasteiger partial charge on any atom is 0.131 e. The van der Waals surface area contributed by atoms with E-state index in [-0.39, 0.29) is 0 Å². The van der Waals surface area contributed by atoms with Gasteiger partial charge in [0.1, 0.15) is 16.2 Å². The Morgan fingerprint density at radius 3 is 2.80 bits per heavy atom. The van der Waals surface area contributed by atoms with Crippen molar-refractivity contribution in [2.24, 2.45) is 5.92 Å². The van der Waals surface area contributed by atoms with Crippen LogP contribution in [0, 0.1) is 12.8 Å². The molecular formula is C11H16BrN3. The van der Waals surface area contributed by atoms with Crippen molar-refractivity contribution in [1.29, 1.82) is 0 Å². The van der Waals surface area contributed by atoms with Crippen LogP contribution in [0.25, 0.3) is 0 Å². The van der Waals surface area contributed by atoms with Gasteiger partial charge in [-0.2, -0.15) is 0 Å². The minimum absolute atomic E-state index is 0.584. The Morgan fingerprint density at radius 2 is 2.20 bits per heavy atom. The number of halogens is 1. The Balaban J connectivity index is 2.04. The molecule has 1 aromatic rings. The first-order valence-electron chi connectivity index (χ1n) is 5.41. The second-order valence-electron chi connectivity index (χ2n) is 4.38. The van der Waals surface area contributed by atoms with E-state index in [1.165, 1.54) is 19.3 Å². The molecule has 82 valence electrons. The quantitative estimate of drug-likeness (QED) is 0.839. The van der Waals surface area contributed by atoms with Crippen LogP contribution < -0.4 is 5.32 Å². The molecule has 4 heteroatoms. The van der Waals surface area contributed by atoms with Gasteiger partial charge in [0.05, 0.1) is 0 Å². The normalized spacial score (nSPS) is 25.5. The van der Waals surface area contributed by atoms with Crippen molar-refractivity contribution < 1.29 is 0 Å². The second kappa shape index (κ2) is 4.47. The molecule has 15 heavy (non-hydrogen) atoms. The zero-order chi connectivity index (χ0) is 10.8. The number of nitrogens with zero attached hydrogens (tertiary/aromatic N) is 2. The van der Waals surface area contributed by atoms with Gasteiger partial charge >= 0.3 is 0 Å². The van der Waals surface area contributed by atoms with Crippen molar-refractivity contribution in [2.45, 2.75) is 39.2 Å². The minimum atomic E-state index is 0.584. The van der Waals surface area contributed by atoms with E-state index in [0.717, 1.165) is 22.2 Å². The van der Waals surface area contributed by atoms with Gasteiger partial charge in [0, 0.05) is 12.1 Å². The smallest absolute Gasteiger partial charge is 0.131 e. The van der Waals surface area contributed by atoms with Crippen molar-refractivity contribution in [2.75, 3.05) is 5.32 Å². The van der Waals surface area contributed by atoms with Crippen LogP contribution in [0.2, 0.25) is 0 Å². The van der Waals surface area contributed by atoms with E-state index in [4.69, 9.17) is 0 Å². The largest absolute Gasteiger partial charge is 0.367 e. The Morgan fingerprint density at radius 1 is 1.40 bits per heavy atom. The van der Waals surface area contributed by atoms with Gasteiger partial charge in [0.2, 0.25) is 0 Å². The predicted octanol–water partition coefficient (Wildman–Crippen LogP) is 3.15. The molecule has 1 saturated carbocycles. The van der Waals surface area contributed by atoms with Gasteiger partial charge in [-0.1, -0.05) is 6.92 Å². The summed E-state index contributed by atoms with van der Waals surface area (Å²) in [7, 11) is 0. The Kier molecular flexibility index (Phi) is 3.24. The monoisotopic (exact) mass is 269 g/mol. The van der Waals surface area contributed by atoms with Crippen molar-refractivity contribution in [3.63, 3.8) is 0 Å². The van der Waals surface area contributed by atoms with E-state index in [9.17, 15) is 0 Å². The standard InChI is InChI=1S/C11H16BrN3/c1-7-3-4-9(5-7)15-11-6-10(12)13-8(2)14-11/h6-7,9H,3-5H2,1-2H3,(H,13,14,15). The Bertz CT molecular complexity index is 333. The highest BCUT2D eigenvalue weighted by Crippen LogP contribution is 2.27. The number of hydrogen-bond acceptors (Lipinski definition) is 3. The molecule has 0 aliphatic heterocycles. The van der Waals surface area contributed by atoms with Gasteiger partial charge in [-0.15, -0.1) is 0 Å². The van der Waals surface area contributed by atoms with Crippen LogP contribution in [0.5, 0.6) is 0 Å². The molecule has 1 fully saturated rings. The molecule has 1 aromatic heterocycles. The summed E-state index contributed by atoms with van der Waals surface area (Å²) in [6.07, 6.45) is 3.82. The highest BCUT2D eigenvalue weighted by atomic mass is 79.9. The van der Waals surface area contributed by atoms with Gasteiger partial charge in [-0.05, 0) is 48.0 Å². The number of rotatable bonds is 2. The number of aryl methyl sites for hydroxylation is 1. The predicted molar refractivity (Wildman–Crippen MR) is 64.9 cm³/mol.